The third kappa shape index (κ3) is 6.25. The van der Waals surface area contributed by atoms with Crippen molar-refractivity contribution in [2.24, 2.45) is 5.73 Å². The van der Waals surface area contributed by atoms with Crippen molar-refractivity contribution in [3.8, 4) is 0 Å². The average Bonchev–Trinajstić information content (AvgIpc) is 3.19. The molecule has 3 heterocycles. The maximum Gasteiger partial charge on any atom is 0.191 e. The largest absolute Gasteiger partial charge is 0.394 e. The number of aliphatic hydroxyl groups is 1. The Morgan fingerprint density at radius 2 is 1.95 bits per heavy atom. The summed E-state index contributed by atoms with van der Waals surface area (Å²) in [6, 6.07) is 3.93. The first kappa shape index (κ1) is 29.5. The zero-order chi connectivity index (χ0) is 28.6. The molecule has 0 radical (unpaired) electrons. The normalized spacial score (nSPS) is 28.4. The van der Waals surface area contributed by atoms with Crippen LogP contribution in [0.2, 0.25) is 5.15 Å². The molecule has 6 rings (SSSR count). The van der Waals surface area contributed by atoms with E-state index < -0.39 is 17.4 Å². The fraction of sp³-hybridized carbons (Fsp3) is 0.615. The lowest BCUT2D eigenvalue weighted by Gasteiger charge is -2.23. The van der Waals surface area contributed by atoms with Gasteiger partial charge in [-0.05, 0) is 44.4 Å². The molecule has 3 fully saturated rings. The zero-order valence-electron chi connectivity index (χ0n) is 22.5. The third-order valence-electron chi connectivity index (χ3n) is 7.03. The minimum Gasteiger partial charge on any atom is -0.394 e. The maximum atomic E-state index is 12.7. The van der Waals surface area contributed by atoms with Gasteiger partial charge < -0.3 is 25.1 Å². The minimum atomic E-state index is -0.798. The first-order chi connectivity index (χ1) is 19.1. The molecule has 0 bridgehead atoms. The summed E-state index contributed by atoms with van der Waals surface area (Å²) >= 11 is 7.88. The molecule has 0 amide bonds. The van der Waals surface area contributed by atoms with Gasteiger partial charge in [-0.2, -0.15) is 0 Å². The number of thioether (sulfide) groups is 1. The Hall–Kier alpha value is -2.00. The van der Waals surface area contributed by atoms with E-state index in [2.05, 4.69) is 27.2 Å². The average molecular weight is 599 g/mol. The number of halogens is 3. The molecular formula is C26H33ClF2N6O4S. The highest BCUT2D eigenvalue weighted by molar-refractivity contribution is 7.99. The van der Waals surface area contributed by atoms with Crippen LogP contribution < -0.4 is 5.73 Å². The van der Waals surface area contributed by atoms with Gasteiger partial charge >= 0.3 is 0 Å². The van der Waals surface area contributed by atoms with Crippen molar-refractivity contribution in [2.75, 3.05) is 19.0 Å². The molecule has 2 aromatic heterocycles. The van der Waals surface area contributed by atoms with E-state index in [0.29, 0.717) is 27.9 Å². The van der Waals surface area contributed by atoms with E-state index in [1.807, 2.05) is 13.8 Å². The van der Waals surface area contributed by atoms with Crippen molar-refractivity contribution in [3.05, 3.63) is 40.6 Å². The van der Waals surface area contributed by atoms with Gasteiger partial charge in [0.15, 0.2) is 38.9 Å². The Bertz CT molecular complexity index is 1350. The van der Waals surface area contributed by atoms with Gasteiger partial charge in [0.05, 0.1) is 25.4 Å². The van der Waals surface area contributed by atoms with Crippen LogP contribution in [0.1, 0.15) is 57.6 Å². The summed E-state index contributed by atoms with van der Waals surface area (Å²) in [6.45, 7) is 6.06. The number of hydrogen-bond acceptors (Lipinski definition) is 10. The highest BCUT2D eigenvalue weighted by atomic mass is 35.5. The molecule has 1 aliphatic heterocycles. The number of aromatic nitrogens is 5. The standard InChI is InChI=1S/C17H24ClN5O4S.C9H9F2N/c1-4-7-28-16-19-14(18)11-15(20-16)23(22-21-11)9-8-10(25-6-5-24)13-12(9)26-17(2,3)27-13;10-7-2-1-5(3-8(7)11)6-4-9(6)12/h9-10,12-13,24H,4-8H2,1-3H3;1-3,6,9H,4,12H2/t9-,10+,12?,13?;6-,9?/m10/s1. The van der Waals surface area contributed by atoms with E-state index in [9.17, 15) is 8.78 Å². The lowest BCUT2D eigenvalue weighted by molar-refractivity contribution is -0.171. The van der Waals surface area contributed by atoms with Gasteiger partial charge in [-0.15, -0.1) is 5.10 Å². The summed E-state index contributed by atoms with van der Waals surface area (Å²) in [7, 11) is 0. The third-order valence-corrected chi connectivity index (χ3v) is 8.34. The van der Waals surface area contributed by atoms with E-state index in [1.54, 1.807) is 22.5 Å². The molecule has 218 valence electrons. The van der Waals surface area contributed by atoms with Gasteiger partial charge in [0, 0.05) is 24.1 Å². The molecular weight excluding hydrogens is 566 g/mol. The Morgan fingerprint density at radius 1 is 1.20 bits per heavy atom. The highest BCUT2D eigenvalue weighted by Gasteiger charge is 2.56. The first-order valence-corrected chi connectivity index (χ1v) is 14.7. The van der Waals surface area contributed by atoms with Crippen LogP contribution in [0.4, 0.5) is 8.78 Å². The molecule has 3 N–H and O–H groups in total. The first-order valence-electron chi connectivity index (χ1n) is 13.3. The van der Waals surface area contributed by atoms with Gasteiger partial charge in [0.2, 0.25) is 0 Å². The smallest absolute Gasteiger partial charge is 0.191 e. The monoisotopic (exact) mass is 598 g/mol. The molecule has 2 aliphatic carbocycles. The Labute approximate surface area is 239 Å². The Morgan fingerprint density at radius 3 is 2.62 bits per heavy atom. The van der Waals surface area contributed by atoms with Gasteiger partial charge in [-0.3, -0.25) is 0 Å². The number of fused-ring (bicyclic) bond motifs is 2. The van der Waals surface area contributed by atoms with Gasteiger partial charge in [0.1, 0.15) is 12.2 Å². The van der Waals surface area contributed by atoms with Crippen molar-refractivity contribution >= 4 is 34.5 Å². The Kier molecular flexibility index (Phi) is 8.91. The quantitative estimate of drug-likeness (QED) is 0.223. The van der Waals surface area contributed by atoms with Crippen molar-refractivity contribution in [3.63, 3.8) is 0 Å². The Balaban J connectivity index is 0.000000223. The lowest BCUT2D eigenvalue weighted by Crippen LogP contribution is -2.31. The number of rotatable bonds is 8. The zero-order valence-corrected chi connectivity index (χ0v) is 24.0. The summed E-state index contributed by atoms with van der Waals surface area (Å²) in [6.07, 6.45) is 1.78. The minimum absolute atomic E-state index is 0.0457. The van der Waals surface area contributed by atoms with Crippen molar-refractivity contribution < 1.29 is 28.1 Å². The van der Waals surface area contributed by atoms with Crippen LogP contribution in [-0.2, 0) is 14.2 Å². The second-order valence-electron chi connectivity index (χ2n) is 10.5. The second kappa shape index (κ2) is 12.1. The summed E-state index contributed by atoms with van der Waals surface area (Å²) < 4.78 is 45.0. The van der Waals surface area contributed by atoms with Crippen LogP contribution in [0.15, 0.2) is 23.4 Å². The predicted molar refractivity (Wildman–Crippen MR) is 145 cm³/mol. The molecule has 14 heteroatoms. The van der Waals surface area contributed by atoms with Crippen LogP contribution in [0, 0.1) is 11.6 Å². The number of aliphatic hydroxyl groups excluding tert-OH is 1. The molecule has 6 atom stereocenters. The number of nitrogens with zero attached hydrogens (tertiary/aromatic N) is 5. The van der Waals surface area contributed by atoms with Crippen LogP contribution in [0.25, 0.3) is 11.2 Å². The van der Waals surface area contributed by atoms with Crippen molar-refractivity contribution in [2.45, 2.75) is 87.3 Å². The molecule has 0 spiro atoms. The van der Waals surface area contributed by atoms with E-state index in [-0.39, 0.29) is 49.5 Å². The maximum absolute atomic E-state index is 12.7. The van der Waals surface area contributed by atoms with Crippen LogP contribution in [-0.4, -0.2) is 79.2 Å². The number of nitrogens with two attached hydrogens (primary N) is 1. The van der Waals surface area contributed by atoms with Gasteiger partial charge in [-0.25, -0.2) is 23.4 Å². The summed E-state index contributed by atoms with van der Waals surface area (Å²) in [5.74, 6) is -1.17. The highest BCUT2D eigenvalue weighted by Crippen LogP contribution is 2.45. The fourth-order valence-electron chi connectivity index (χ4n) is 5.12. The van der Waals surface area contributed by atoms with Gasteiger partial charge in [-0.1, -0.05) is 41.6 Å². The number of ether oxygens (including phenoxy) is 3. The van der Waals surface area contributed by atoms with E-state index in [1.165, 1.54) is 6.07 Å². The second-order valence-corrected chi connectivity index (χ2v) is 12.0. The van der Waals surface area contributed by atoms with Crippen LogP contribution >= 0.6 is 23.4 Å². The molecule has 10 nitrogen and oxygen atoms in total. The summed E-state index contributed by atoms with van der Waals surface area (Å²) in [5.41, 5.74) is 7.43. The summed E-state index contributed by atoms with van der Waals surface area (Å²) in [4.78, 5) is 8.96. The number of benzene rings is 1. The molecule has 1 aromatic carbocycles. The molecule has 1 saturated heterocycles. The van der Waals surface area contributed by atoms with E-state index in [0.717, 1.165) is 30.2 Å². The molecule has 3 aliphatic rings. The van der Waals surface area contributed by atoms with Crippen LogP contribution in [0.5, 0.6) is 0 Å². The molecule has 3 unspecified atom stereocenters. The van der Waals surface area contributed by atoms with E-state index >= 15 is 0 Å². The van der Waals surface area contributed by atoms with Gasteiger partial charge in [0.25, 0.3) is 0 Å². The van der Waals surface area contributed by atoms with Crippen molar-refractivity contribution in [1.82, 2.24) is 25.0 Å². The lowest BCUT2D eigenvalue weighted by atomic mass is 10.1. The number of hydrogen-bond donors (Lipinski definition) is 2. The van der Waals surface area contributed by atoms with Crippen LogP contribution in [0.3, 0.4) is 0 Å². The molecule has 2 saturated carbocycles. The van der Waals surface area contributed by atoms with Crippen molar-refractivity contribution in [1.29, 1.82) is 0 Å². The fourth-order valence-corrected chi connectivity index (χ4v) is 6.06. The summed E-state index contributed by atoms with van der Waals surface area (Å²) in [5, 5.41) is 18.5. The molecule has 3 aromatic rings. The SMILES string of the molecule is CCCSc1nc(Cl)c2nnn([C@@H]3C[C@H](OCCO)C4OC(C)(C)OC43)c2n1.NC1C[C@H]1c1ccc(F)c(F)c1. The molecule has 40 heavy (non-hydrogen) atoms. The van der Waals surface area contributed by atoms with E-state index in [4.69, 9.17) is 36.7 Å². The topological polar surface area (TPSA) is 130 Å². The predicted octanol–water partition coefficient (Wildman–Crippen LogP) is 4.00.